The van der Waals surface area contributed by atoms with Crippen LogP contribution in [0.25, 0.3) is 0 Å². The SMILES string of the molecule is O=[N+]([O-])c1ccc(CN=NN2CCCCC2)cc1. The van der Waals surface area contributed by atoms with Gasteiger partial charge in [0.1, 0.15) is 0 Å². The lowest BCUT2D eigenvalue weighted by Crippen LogP contribution is -2.23. The summed E-state index contributed by atoms with van der Waals surface area (Å²) in [5.41, 5.74) is 1.04. The first-order valence-electron chi connectivity index (χ1n) is 6.11. The number of nitrogens with zero attached hydrogens (tertiary/aromatic N) is 4. The first-order valence-corrected chi connectivity index (χ1v) is 6.11. The fourth-order valence-corrected chi connectivity index (χ4v) is 1.89. The van der Waals surface area contributed by atoms with Gasteiger partial charge in [0.25, 0.3) is 5.69 Å². The summed E-state index contributed by atoms with van der Waals surface area (Å²) in [7, 11) is 0. The van der Waals surface area contributed by atoms with E-state index in [2.05, 4.69) is 10.3 Å². The van der Waals surface area contributed by atoms with E-state index in [1.54, 1.807) is 12.1 Å². The number of non-ortho nitro benzene ring substituents is 1. The summed E-state index contributed by atoms with van der Waals surface area (Å²) in [6.45, 7) is 2.42. The molecule has 2 rings (SSSR count). The van der Waals surface area contributed by atoms with Gasteiger partial charge in [-0.15, -0.1) is 0 Å². The molecule has 96 valence electrons. The summed E-state index contributed by atoms with van der Waals surface area (Å²) in [6.07, 6.45) is 3.63. The van der Waals surface area contributed by atoms with Crippen molar-refractivity contribution in [1.29, 1.82) is 0 Å². The molecule has 1 saturated heterocycles. The molecule has 0 bridgehead atoms. The van der Waals surface area contributed by atoms with Gasteiger partial charge in [-0.1, -0.05) is 17.4 Å². The minimum absolute atomic E-state index is 0.103. The first kappa shape index (κ1) is 12.5. The predicted molar refractivity (Wildman–Crippen MR) is 67.1 cm³/mol. The molecule has 6 nitrogen and oxygen atoms in total. The van der Waals surface area contributed by atoms with Crippen LogP contribution in [-0.2, 0) is 6.54 Å². The van der Waals surface area contributed by atoms with Crippen LogP contribution in [0.15, 0.2) is 34.6 Å². The average Bonchev–Trinajstić information content (AvgIpc) is 2.40. The quantitative estimate of drug-likeness (QED) is 0.467. The number of piperidine rings is 1. The van der Waals surface area contributed by atoms with E-state index < -0.39 is 4.92 Å². The van der Waals surface area contributed by atoms with Gasteiger partial charge in [-0.05, 0) is 24.8 Å². The minimum atomic E-state index is -0.404. The van der Waals surface area contributed by atoms with Crippen molar-refractivity contribution >= 4 is 5.69 Å². The molecule has 6 heteroatoms. The molecule has 1 aliphatic rings. The van der Waals surface area contributed by atoms with Crippen LogP contribution in [0.5, 0.6) is 0 Å². The van der Waals surface area contributed by atoms with E-state index >= 15 is 0 Å². The Kier molecular flexibility index (Phi) is 4.22. The fourth-order valence-electron chi connectivity index (χ4n) is 1.89. The molecule has 0 unspecified atom stereocenters. The molecular formula is C12H16N4O2. The van der Waals surface area contributed by atoms with Crippen LogP contribution in [0.3, 0.4) is 0 Å². The molecule has 1 aromatic carbocycles. The lowest BCUT2D eigenvalue weighted by atomic mass is 10.2. The largest absolute Gasteiger partial charge is 0.279 e. The molecule has 0 spiro atoms. The molecule has 0 amide bonds. The summed E-state index contributed by atoms with van der Waals surface area (Å²) >= 11 is 0. The van der Waals surface area contributed by atoms with E-state index in [4.69, 9.17) is 0 Å². The molecule has 1 aromatic rings. The van der Waals surface area contributed by atoms with E-state index in [9.17, 15) is 10.1 Å². The lowest BCUT2D eigenvalue weighted by molar-refractivity contribution is -0.384. The van der Waals surface area contributed by atoms with E-state index in [-0.39, 0.29) is 5.69 Å². The van der Waals surface area contributed by atoms with E-state index in [0.717, 1.165) is 18.7 Å². The van der Waals surface area contributed by atoms with Crippen molar-refractivity contribution in [2.45, 2.75) is 25.8 Å². The van der Waals surface area contributed by atoms with Gasteiger partial charge in [-0.2, -0.15) is 5.11 Å². The van der Waals surface area contributed by atoms with Crippen molar-refractivity contribution in [1.82, 2.24) is 5.01 Å². The Bertz CT molecular complexity index is 424. The van der Waals surface area contributed by atoms with Gasteiger partial charge in [-0.3, -0.25) is 15.1 Å². The topological polar surface area (TPSA) is 71.1 Å². The van der Waals surface area contributed by atoms with Gasteiger partial charge < -0.3 is 0 Å². The second-order valence-electron chi connectivity index (χ2n) is 4.33. The van der Waals surface area contributed by atoms with Crippen molar-refractivity contribution in [2.24, 2.45) is 10.3 Å². The van der Waals surface area contributed by atoms with Crippen LogP contribution >= 0.6 is 0 Å². The molecule has 0 N–H and O–H groups in total. The van der Waals surface area contributed by atoms with E-state index in [1.807, 2.05) is 5.01 Å². The van der Waals surface area contributed by atoms with Crippen LogP contribution in [0, 0.1) is 10.1 Å². The number of nitro groups is 1. The Labute approximate surface area is 105 Å². The third-order valence-corrected chi connectivity index (χ3v) is 2.92. The summed E-state index contributed by atoms with van der Waals surface area (Å²) in [6, 6.07) is 6.41. The maximum Gasteiger partial charge on any atom is 0.269 e. The predicted octanol–water partition coefficient (Wildman–Crippen LogP) is 2.95. The number of hydrogen-bond donors (Lipinski definition) is 0. The molecule has 18 heavy (non-hydrogen) atoms. The lowest BCUT2D eigenvalue weighted by Gasteiger charge is -2.21. The maximum absolute atomic E-state index is 10.5. The average molecular weight is 248 g/mol. The van der Waals surface area contributed by atoms with Crippen molar-refractivity contribution in [3.8, 4) is 0 Å². The van der Waals surface area contributed by atoms with Crippen LogP contribution in [0.1, 0.15) is 24.8 Å². The fraction of sp³-hybridized carbons (Fsp3) is 0.500. The van der Waals surface area contributed by atoms with Gasteiger partial charge >= 0.3 is 0 Å². The number of hydrogen-bond acceptors (Lipinski definition) is 4. The van der Waals surface area contributed by atoms with Gasteiger partial charge in [0.05, 0.1) is 11.5 Å². The maximum atomic E-state index is 10.5. The van der Waals surface area contributed by atoms with Crippen LogP contribution in [0.4, 0.5) is 5.69 Å². The molecule has 0 aliphatic carbocycles. The zero-order chi connectivity index (χ0) is 12.8. The highest BCUT2D eigenvalue weighted by Crippen LogP contribution is 2.13. The Balaban J connectivity index is 1.85. The summed E-state index contributed by atoms with van der Waals surface area (Å²) in [5.74, 6) is 0. The first-order chi connectivity index (χ1) is 8.75. The van der Waals surface area contributed by atoms with Crippen LogP contribution < -0.4 is 0 Å². The van der Waals surface area contributed by atoms with Gasteiger partial charge in [0.2, 0.25) is 0 Å². The van der Waals surface area contributed by atoms with Gasteiger partial charge in [-0.25, -0.2) is 0 Å². The summed E-state index contributed by atoms with van der Waals surface area (Å²) in [5, 5.41) is 20.8. The van der Waals surface area contributed by atoms with Crippen molar-refractivity contribution in [3.05, 3.63) is 39.9 Å². The molecule has 0 radical (unpaired) electrons. The third kappa shape index (κ3) is 3.51. The highest BCUT2D eigenvalue weighted by Gasteiger charge is 2.07. The van der Waals surface area contributed by atoms with Gasteiger partial charge in [0, 0.05) is 25.2 Å². The second kappa shape index (κ2) is 6.09. The minimum Gasteiger partial charge on any atom is -0.279 e. The Morgan fingerprint density at radius 2 is 1.83 bits per heavy atom. The standard InChI is InChI=1S/C12H16N4O2/c17-16(18)12-6-4-11(5-7-12)10-13-14-15-8-2-1-3-9-15/h4-7H,1-3,8-10H2. The number of nitro benzene ring substituents is 1. The van der Waals surface area contributed by atoms with Crippen molar-refractivity contribution < 1.29 is 4.92 Å². The molecule has 0 aromatic heterocycles. The number of rotatable bonds is 4. The Morgan fingerprint density at radius 1 is 1.17 bits per heavy atom. The Hall–Kier alpha value is -1.98. The highest BCUT2D eigenvalue weighted by molar-refractivity contribution is 5.32. The Morgan fingerprint density at radius 3 is 2.44 bits per heavy atom. The summed E-state index contributed by atoms with van der Waals surface area (Å²) < 4.78 is 0. The van der Waals surface area contributed by atoms with Gasteiger partial charge in [0.15, 0.2) is 0 Å². The third-order valence-electron chi connectivity index (χ3n) is 2.92. The molecule has 1 aliphatic heterocycles. The molecule has 1 heterocycles. The van der Waals surface area contributed by atoms with Crippen LogP contribution in [0.2, 0.25) is 0 Å². The number of benzene rings is 1. The van der Waals surface area contributed by atoms with Crippen LogP contribution in [-0.4, -0.2) is 23.0 Å². The van der Waals surface area contributed by atoms with E-state index in [0.29, 0.717) is 6.54 Å². The molecule has 0 atom stereocenters. The second-order valence-corrected chi connectivity index (χ2v) is 4.33. The van der Waals surface area contributed by atoms with E-state index in [1.165, 1.54) is 31.4 Å². The molecular weight excluding hydrogens is 232 g/mol. The van der Waals surface area contributed by atoms with Crippen molar-refractivity contribution in [3.63, 3.8) is 0 Å². The smallest absolute Gasteiger partial charge is 0.269 e. The van der Waals surface area contributed by atoms with Crippen molar-refractivity contribution in [2.75, 3.05) is 13.1 Å². The molecule has 1 fully saturated rings. The zero-order valence-electron chi connectivity index (χ0n) is 10.2. The molecule has 0 saturated carbocycles. The highest BCUT2D eigenvalue weighted by atomic mass is 16.6. The summed E-state index contributed by atoms with van der Waals surface area (Å²) in [4.78, 5) is 10.1. The zero-order valence-corrected chi connectivity index (χ0v) is 10.2. The normalized spacial score (nSPS) is 16.1. The monoisotopic (exact) mass is 248 g/mol.